The number of ether oxygens (including phenoxy) is 2. The summed E-state index contributed by atoms with van der Waals surface area (Å²) in [5.41, 5.74) is 1.99. The van der Waals surface area contributed by atoms with Gasteiger partial charge in [0, 0.05) is 38.5 Å². The van der Waals surface area contributed by atoms with E-state index in [1.165, 1.54) is 12.2 Å². The summed E-state index contributed by atoms with van der Waals surface area (Å²) in [6, 6.07) is 5.66. The summed E-state index contributed by atoms with van der Waals surface area (Å²) in [6.45, 7) is 9.24. The van der Waals surface area contributed by atoms with Crippen molar-refractivity contribution in [2.75, 3.05) is 0 Å². The molecular weight excluding hydrogens is 408 g/mol. The van der Waals surface area contributed by atoms with E-state index >= 15 is 0 Å². The molecule has 3 atom stereocenters. The number of benzene rings is 2. The number of hydrogen-bond acceptors (Lipinski definition) is 4. The van der Waals surface area contributed by atoms with Gasteiger partial charge in [0.05, 0.1) is 0 Å². The Balaban J connectivity index is 2.08. The first-order valence-corrected chi connectivity index (χ1v) is 9.73. The fourth-order valence-electron chi connectivity index (χ4n) is 4.66. The van der Waals surface area contributed by atoms with Crippen LogP contribution in [-0.4, -0.2) is 11.9 Å². The minimum atomic E-state index is -0.496. The fraction of sp³-hybridized carbons (Fsp3) is 0.273. The predicted molar refractivity (Wildman–Crippen MR) is 107 cm³/mol. The molecule has 0 N–H and O–H groups in total. The molecule has 0 amide bonds. The van der Waals surface area contributed by atoms with Crippen LogP contribution < -0.4 is 9.47 Å². The Hall–Kier alpha value is -2.40. The molecule has 0 heterocycles. The molecule has 3 unspecified atom stereocenters. The number of hydrogen-bond donors (Lipinski definition) is 0. The third-order valence-electron chi connectivity index (χ3n) is 5.79. The topological polar surface area (TPSA) is 52.6 Å². The maximum Gasteiger partial charge on any atom is 0.335 e. The maximum absolute atomic E-state index is 12.1. The van der Waals surface area contributed by atoms with E-state index in [4.69, 9.17) is 9.47 Å². The summed E-state index contributed by atoms with van der Waals surface area (Å²) in [5, 5.41) is 1.49. The standard InChI is InChI=1S/C22H19BrO4/c1-4-17(24)26-21-15-7-6-12(23)10-16(15)22(27-18(25)5-2)20-14-9-8-13(11(14)3)19(20)21/h4-7,10-11,13-14H,1-2,8-9H2,3H3. The molecule has 2 aromatic rings. The average molecular weight is 427 g/mol. The molecule has 0 radical (unpaired) electrons. The van der Waals surface area contributed by atoms with Crippen molar-refractivity contribution < 1.29 is 19.1 Å². The highest BCUT2D eigenvalue weighted by atomic mass is 79.9. The van der Waals surface area contributed by atoms with E-state index in [9.17, 15) is 9.59 Å². The highest BCUT2D eigenvalue weighted by Gasteiger charge is 2.48. The average Bonchev–Trinajstić information content (AvgIpc) is 3.16. The van der Waals surface area contributed by atoms with Crippen LogP contribution in [-0.2, 0) is 9.59 Å². The molecule has 2 aliphatic rings. The van der Waals surface area contributed by atoms with Crippen LogP contribution in [0.3, 0.4) is 0 Å². The van der Waals surface area contributed by atoms with Gasteiger partial charge in [-0.25, -0.2) is 9.59 Å². The smallest absolute Gasteiger partial charge is 0.335 e. The Labute approximate surface area is 166 Å². The van der Waals surface area contributed by atoms with E-state index in [2.05, 4.69) is 36.0 Å². The lowest BCUT2D eigenvalue weighted by molar-refractivity contribution is -0.130. The molecule has 2 aromatic carbocycles. The number of carbonyl (C=O) groups is 2. The van der Waals surface area contributed by atoms with Crippen LogP contribution in [0.5, 0.6) is 11.5 Å². The van der Waals surface area contributed by atoms with Crippen molar-refractivity contribution in [1.82, 2.24) is 0 Å². The normalized spacial score (nSPS) is 22.4. The van der Waals surface area contributed by atoms with Crippen molar-refractivity contribution in [1.29, 1.82) is 0 Å². The molecule has 0 aromatic heterocycles. The zero-order valence-corrected chi connectivity index (χ0v) is 16.5. The van der Waals surface area contributed by atoms with Crippen molar-refractivity contribution in [3.8, 4) is 11.5 Å². The first kappa shape index (κ1) is 18.0. The number of carbonyl (C=O) groups excluding carboxylic acids is 2. The summed E-state index contributed by atoms with van der Waals surface area (Å²) in [7, 11) is 0. The molecule has 4 rings (SSSR count). The molecular formula is C22H19BrO4. The lowest BCUT2D eigenvalue weighted by atomic mass is 9.87. The van der Waals surface area contributed by atoms with Crippen molar-refractivity contribution in [3.05, 3.63) is 59.1 Å². The first-order valence-electron chi connectivity index (χ1n) is 8.93. The Kier molecular flexibility index (Phi) is 4.42. The lowest BCUT2D eigenvalue weighted by Gasteiger charge is -2.23. The first-order chi connectivity index (χ1) is 13.0. The van der Waals surface area contributed by atoms with E-state index in [1.807, 2.05) is 18.2 Å². The number of halogens is 1. The third-order valence-corrected chi connectivity index (χ3v) is 6.28. The summed E-state index contributed by atoms with van der Waals surface area (Å²) >= 11 is 3.49. The SMILES string of the molecule is C=CC(=O)Oc1c2c(c(OC(=O)C=C)c3cc(Br)ccc13)C1CCC2C1C. The number of rotatable bonds is 4. The summed E-state index contributed by atoms with van der Waals surface area (Å²) in [5.74, 6) is 1.10. The molecule has 0 saturated heterocycles. The van der Waals surface area contributed by atoms with E-state index < -0.39 is 11.9 Å². The van der Waals surface area contributed by atoms with Gasteiger partial charge in [0.2, 0.25) is 0 Å². The molecule has 27 heavy (non-hydrogen) atoms. The largest absolute Gasteiger partial charge is 0.422 e. The van der Waals surface area contributed by atoms with Crippen molar-refractivity contribution in [3.63, 3.8) is 0 Å². The molecule has 5 heteroatoms. The van der Waals surface area contributed by atoms with Crippen LogP contribution in [0.15, 0.2) is 48.0 Å². The molecule has 2 aliphatic carbocycles. The van der Waals surface area contributed by atoms with Crippen molar-refractivity contribution in [2.45, 2.75) is 31.6 Å². The molecule has 1 saturated carbocycles. The quantitative estimate of drug-likeness (QED) is 0.373. The zero-order chi connectivity index (χ0) is 19.3. The second kappa shape index (κ2) is 6.64. The van der Waals surface area contributed by atoms with Crippen LogP contribution in [0, 0.1) is 5.92 Å². The zero-order valence-electron chi connectivity index (χ0n) is 15.0. The van der Waals surface area contributed by atoms with Gasteiger partial charge in [-0.2, -0.15) is 0 Å². The van der Waals surface area contributed by atoms with E-state index in [1.54, 1.807) is 0 Å². The number of fused-ring (bicyclic) bond motifs is 6. The van der Waals surface area contributed by atoms with Crippen LogP contribution in [0.1, 0.15) is 42.7 Å². The lowest BCUT2D eigenvalue weighted by Crippen LogP contribution is -2.12. The van der Waals surface area contributed by atoms with Crippen LogP contribution in [0.4, 0.5) is 0 Å². The molecule has 1 fully saturated rings. The minimum Gasteiger partial charge on any atom is -0.422 e. The Morgan fingerprint density at radius 1 is 1.00 bits per heavy atom. The van der Waals surface area contributed by atoms with Gasteiger partial charge in [-0.3, -0.25) is 0 Å². The van der Waals surface area contributed by atoms with Crippen molar-refractivity contribution in [2.24, 2.45) is 5.92 Å². The minimum absolute atomic E-state index is 0.280. The van der Waals surface area contributed by atoms with E-state index in [0.29, 0.717) is 17.4 Å². The Morgan fingerprint density at radius 2 is 1.52 bits per heavy atom. The Morgan fingerprint density at radius 3 is 2.04 bits per heavy atom. The fourth-order valence-corrected chi connectivity index (χ4v) is 5.02. The van der Waals surface area contributed by atoms with Crippen LogP contribution in [0.25, 0.3) is 10.8 Å². The van der Waals surface area contributed by atoms with Gasteiger partial charge in [0.15, 0.2) is 0 Å². The number of esters is 2. The van der Waals surface area contributed by atoms with Crippen molar-refractivity contribution >= 4 is 38.6 Å². The summed E-state index contributed by atoms with van der Waals surface area (Å²) in [6.07, 6.45) is 4.40. The predicted octanol–water partition coefficient (Wildman–Crippen LogP) is 5.40. The monoisotopic (exact) mass is 426 g/mol. The molecule has 4 nitrogen and oxygen atoms in total. The van der Waals surface area contributed by atoms with Crippen LogP contribution >= 0.6 is 15.9 Å². The highest BCUT2D eigenvalue weighted by molar-refractivity contribution is 9.10. The maximum atomic E-state index is 12.1. The molecule has 0 aliphatic heterocycles. The molecule has 138 valence electrons. The van der Waals surface area contributed by atoms with E-state index in [-0.39, 0.29) is 11.8 Å². The second-order valence-electron chi connectivity index (χ2n) is 7.08. The highest BCUT2D eigenvalue weighted by Crippen LogP contribution is 2.63. The van der Waals surface area contributed by atoms with Gasteiger partial charge in [0.1, 0.15) is 11.5 Å². The van der Waals surface area contributed by atoms with Gasteiger partial charge in [-0.1, -0.05) is 36.0 Å². The molecule has 0 spiro atoms. The second-order valence-corrected chi connectivity index (χ2v) is 7.99. The van der Waals surface area contributed by atoms with Gasteiger partial charge in [-0.15, -0.1) is 0 Å². The van der Waals surface area contributed by atoms with Gasteiger partial charge in [0.25, 0.3) is 0 Å². The third kappa shape index (κ3) is 2.72. The molecule has 2 bridgehead atoms. The van der Waals surface area contributed by atoms with Gasteiger partial charge < -0.3 is 9.47 Å². The summed E-state index contributed by atoms with van der Waals surface area (Å²) < 4.78 is 12.3. The summed E-state index contributed by atoms with van der Waals surface area (Å²) in [4.78, 5) is 24.1. The van der Waals surface area contributed by atoms with Crippen LogP contribution in [0.2, 0.25) is 0 Å². The van der Waals surface area contributed by atoms with Gasteiger partial charge in [-0.05, 0) is 48.8 Å². The van der Waals surface area contributed by atoms with E-state index in [0.717, 1.165) is 39.2 Å². The van der Waals surface area contributed by atoms with Gasteiger partial charge >= 0.3 is 11.9 Å². The Bertz CT molecular complexity index is 1010.